The molecule has 16 heavy (non-hydrogen) atoms. The number of rotatable bonds is 4. The van der Waals surface area contributed by atoms with Crippen molar-refractivity contribution in [3.8, 4) is 11.3 Å². The van der Waals surface area contributed by atoms with Crippen LogP contribution in [0.1, 0.15) is 25.3 Å². The zero-order valence-corrected chi connectivity index (χ0v) is 11.0. The average Bonchev–Trinajstić information content (AvgIpc) is 2.75. The van der Waals surface area contributed by atoms with Crippen LogP contribution in [-0.4, -0.2) is 0 Å². The third kappa shape index (κ3) is 2.56. The van der Waals surface area contributed by atoms with Crippen molar-refractivity contribution in [2.45, 2.75) is 26.2 Å². The average molecular weight is 279 g/mol. The van der Waals surface area contributed by atoms with Crippen LogP contribution in [0.3, 0.4) is 0 Å². The predicted molar refractivity (Wildman–Crippen MR) is 70.5 cm³/mol. The van der Waals surface area contributed by atoms with E-state index < -0.39 is 0 Å². The van der Waals surface area contributed by atoms with Crippen molar-refractivity contribution in [1.82, 2.24) is 0 Å². The van der Waals surface area contributed by atoms with Gasteiger partial charge in [0, 0.05) is 10.0 Å². The van der Waals surface area contributed by atoms with Gasteiger partial charge in [-0.15, -0.1) is 0 Å². The molecule has 2 heteroatoms. The van der Waals surface area contributed by atoms with E-state index in [1.165, 1.54) is 18.4 Å². The van der Waals surface area contributed by atoms with Crippen LogP contribution >= 0.6 is 15.9 Å². The van der Waals surface area contributed by atoms with Gasteiger partial charge in [-0.3, -0.25) is 0 Å². The molecule has 0 radical (unpaired) electrons. The number of hydrogen-bond donors (Lipinski definition) is 0. The second kappa shape index (κ2) is 5.35. The topological polar surface area (TPSA) is 13.1 Å². The summed E-state index contributed by atoms with van der Waals surface area (Å²) in [6.07, 6.45) is 5.30. The highest BCUT2D eigenvalue weighted by atomic mass is 79.9. The Bertz CT molecular complexity index is 442. The van der Waals surface area contributed by atoms with Crippen molar-refractivity contribution in [2.24, 2.45) is 0 Å². The Kier molecular flexibility index (Phi) is 3.83. The molecule has 1 nitrogen and oxygen atoms in total. The fourth-order valence-electron chi connectivity index (χ4n) is 1.75. The van der Waals surface area contributed by atoms with Gasteiger partial charge in [0.15, 0.2) is 0 Å². The summed E-state index contributed by atoms with van der Waals surface area (Å²) >= 11 is 3.44. The molecule has 0 amide bonds. The lowest BCUT2D eigenvalue weighted by Gasteiger charge is -2.02. The Balaban J connectivity index is 2.26. The molecule has 1 aromatic heterocycles. The third-order valence-corrected chi connectivity index (χ3v) is 3.18. The quantitative estimate of drug-likeness (QED) is 0.763. The van der Waals surface area contributed by atoms with Crippen molar-refractivity contribution >= 4 is 15.9 Å². The number of unbranched alkanes of at least 4 members (excludes halogenated alkanes) is 1. The summed E-state index contributed by atoms with van der Waals surface area (Å²) in [4.78, 5) is 0. The van der Waals surface area contributed by atoms with Gasteiger partial charge in [-0.2, -0.15) is 0 Å². The minimum atomic E-state index is 1.01. The maximum Gasteiger partial charge on any atom is 0.137 e. The number of aryl methyl sites for hydroxylation is 1. The van der Waals surface area contributed by atoms with Crippen molar-refractivity contribution in [2.75, 3.05) is 0 Å². The molecule has 1 aromatic carbocycles. The lowest BCUT2D eigenvalue weighted by molar-refractivity contribution is 0.578. The fourth-order valence-corrected chi connectivity index (χ4v) is 2.02. The minimum Gasteiger partial charge on any atom is -0.464 e. The molecule has 0 N–H and O–H groups in total. The minimum absolute atomic E-state index is 1.01. The molecule has 0 bridgehead atoms. The van der Waals surface area contributed by atoms with Crippen LogP contribution in [0.4, 0.5) is 0 Å². The molecule has 0 unspecified atom stereocenters. The number of benzene rings is 1. The van der Waals surface area contributed by atoms with Gasteiger partial charge in [0.2, 0.25) is 0 Å². The molecule has 0 saturated heterocycles. The molecule has 2 aromatic rings. The summed E-state index contributed by atoms with van der Waals surface area (Å²) in [7, 11) is 0. The lowest BCUT2D eigenvalue weighted by atomic mass is 10.0. The molecular formula is C14H15BrO. The van der Waals surface area contributed by atoms with Crippen LogP contribution in [0.5, 0.6) is 0 Å². The van der Waals surface area contributed by atoms with E-state index in [9.17, 15) is 0 Å². The summed E-state index contributed by atoms with van der Waals surface area (Å²) in [6, 6.07) is 10.3. The molecule has 0 saturated carbocycles. The Hall–Kier alpha value is -1.02. The third-order valence-electron chi connectivity index (χ3n) is 2.65. The first-order valence-electron chi connectivity index (χ1n) is 5.63. The van der Waals surface area contributed by atoms with Crippen molar-refractivity contribution in [3.63, 3.8) is 0 Å². The highest BCUT2D eigenvalue weighted by molar-refractivity contribution is 9.10. The summed E-state index contributed by atoms with van der Waals surface area (Å²) in [6.45, 7) is 2.21. The lowest BCUT2D eigenvalue weighted by Crippen LogP contribution is -1.85. The standard InChI is InChI=1S/C14H15BrO/c1-2-3-4-11-9-10-16-14(11)12-5-7-13(15)8-6-12/h5-10H,2-4H2,1H3. The van der Waals surface area contributed by atoms with Crippen LogP contribution in [0.2, 0.25) is 0 Å². The molecule has 0 aliphatic carbocycles. The fraction of sp³-hybridized carbons (Fsp3) is 0.286. The molecule has 0 aliphatic rings. The van der Waals surface area contributed by atoms with Gasteiger partial charge >= 0.3 is 0 Å². The Morgan fingerprint density at radius 2 is 1.88 bits per heavy atom. The van der Waals surface area contributed by atoms with Gasteiger partial charge in [0.1, 0.15) is 5.76 Å². The monoisotopic (exact) mass is 278 g/mol. The molecule has 0 atom stereocenters. The normalized spacial score (nSPS) is 10.6. The van der Waals surface area contributed by atoms with E-state index in [2.05, 4.69) is 41.1 Å². The highest BCUT2D eigenvalue weighted by Gasteiger charge is 2.07. The first-order valence-corrected chi connectivity index (χ1v) is 6.43. The van der Waals surface area contributed by atoms with Crippen molar-refractivity contribution in [1.29, 1.82) is 0 Å². The van der Waals surface area contributed by atoms with E-state index in [0.717, 1.165) is 22.2 Å². The van der Waals surface area contributed by atoms with Gasteiger partial charge in [-0.1, -0.05) is 41.4 Å². The first kappa shape index (κ1) is 11.5. The van der Waals surface area contributed by atoms with Gasteiger partial charge in [-0.25, -0.2) is 0 Å². The zero-order chi connectivity index (χ0) is 11.4. The second-order valence-corrected chi connectivity index (χ2v) is 4.80. The zero-order valence-electron chi connectivity index (χ0n) is 9.37. The molecule has 84 valence electrons. The smallest absolute Gasteiger partial charge is 0.137 e. The number of halogens is 1. The molecule has 1 heterocycles. The maximum atomic E-state index is 5.57. The van der Waals surface area contributed by atoms with Crippen LogP contribution in [0.25, 0.3) is 11.3 Å². The van der Waals surface area contributed by atoms with Crippen LogP contribution < -0.4 is 0 Å². The van der Waals surface area contributed by atoms with Crippen LogP contribution in [0.15, 0.2) is 45.5 Å². The molecule has 0 fully saturated rings. The van der Waals surface area contributed by atoms with E-state index in [4.69, 9.17) is 4.42 Å². The molecule has 0 aliphatic heterocycles. The van der Waals surface area contributed by atoms with Gasteiger partial charge in [0.05, 0.1) is 6.26 Å². The van der Waals surface area contributed by atoms with E-state index >= 15 is 0 Å². The summed E-state index contributed by atoms with van der Waals surface area (Å²) in [5.41, 5.74) is 2.46. The van der Waals surface area contributed by atoms with Crippen molar-refractivity contribution < 1.29 is 4.42 Å². The predicted octanol–water partition coefficient (Wildman–Crippen LogP) is 5.05. The summed E-state index contributed by atoms with van der Waals surface area (Å²) < 4.78 is 6.67. The van der Waals surface area contributed by atoms with Gasteiger partial charge in [-0.05, 0) is 36.6 Å². The van der Waals surface area contributed by atoms with Crippen LogP contribution in [-0.2, 0) is 6.42 Å². The summed E-state index contributed by atoms with van der Waals surface area (Å²) in [5.74, 6) is 1.01. The summed E-state index contributed by atoms with van der Waals surface area (Å²) in [5, 5.41) is 0. The van der Waals surface area contributed by atoms with E-state index in [0.29, 0.717) is 0 Å². The Morgan fingerprint density at radius 3 is 2.56 bits per heavy atom. The SMILES string of the molecule is CCCCc1ccoc1-c1ccc(Br)cc1. The first-order chi connectivity index (χ1) is 7.81. The number of furan rings is 1. The second-order valence-electron chi connectivity index (χ2n) is 3.89. The van der Waals surface area contributed by atoms with Gasteiger partial charge in [0.25, 0.3) is 0 Å². The van der Waals surface area contributed by atoms with Crippen LogP contribution in [0, 0.1) is 0 Å². The maximum absolute atomic E-state index is 5.57. The Morgan fingerprint density at radius 1 is 1.12 bits per heavy atom. The van der Waals surface area contributed by atoms with E-state index in [1.54, 1.807) is 6.26 Å². The number of hydrogen-bond acceptors (Lipinski definition) is 1. The molecule has 0 spiro atoms. The van der Waals surface area contributed by atoms with Crippen molar-refractivity contribution in [3.05, 3.63) is 46.6 Å². The highest BCUT2D eigenvalue weighted by Crippen LogP contribution is 2.27. The van der Waals surface area contributed by atoms with E-state index in [1.807, 2.05) is 12.1 Å². The molecular weight excluding hydrogens is 264 g/mol. The molecule has 2 rings (SSSR count). The largest absolute Gasteiger partial charge is 0.464 e. The van der Waals surface area contributed by atoms with Gasteiger partial charge < -0.3 is 4.42 Å². The van der Waals surface area contributed by atoms with E-state index in [-0.39, 0.29) is 0 Å². The Labute approximate surface area is 105 Å².